The number of hydroxylamine groups is 1. The molecule has 1 aliphatic heterocycles. The smallest absolute Gasteiger partial charge is 0.270 e. The van der Waals surface area contributed by atoms with Crippen molar-refractivity contribution >= 4 is 5.91 Å². The van der Waals surface area contributed by atoms with Gasteiger partial charge in [-0.05, 0) is 26.3 Å². The summed E-state index contributed by atoms with van der Waals surface area (Å²) < 4.78 is 0. The molecule has 0 radical (unpaired) electrons. The van der Waals surface area contributed by atoms with Gasteiger partial charge in [-0.25, -0.2) is 5.48 Å². The second-order valence-corrected chi connectivity index (χ2v) is 3.43. The number of carbonyl (C=O) groups excluding carboxylic acids is 1. The van der Waals surface area contributed by atoms with Gasteiger partial charge in [0.25, 0.3) is 5.91 Å². The second kappa shape index (κ2) is 4.39. The molecule has 0 aliphatic carbocycles. The van der Waals surface area contributed by atoms with E-state index in [9.17, 15) is 4.79 Å². The van der Waals surface area contributed by atoms with E-state index >= 15 is 0 Å². The van der Waals surface area contributed by atoms with Gasteiger partial charge in [0, 0.05) is 18.7 Å². The van der Waals surface area contributed by atoms with Gasteiger partial charge < -0.3 is 5.32 Å². The van der Waals surface area contributed by atoms with Gasteiger partial charge in [-0.15, -0.1) is 0 Å². The Morgan fingerprint density at radius 1 is 1.54 bits per heavy atom. The average molecular weight is 184 g/mol. The molecule has 0 bridgehead atoms. The van der Waals surface area contributed by atoms with Crippen LogP contribution in [0.15, 0.2) is 11.1 Å². The molecule has 0 aromatic rings. The predicted molar refractivity (Wildman–Crippen MR) is 49.9 cm³/mol. The third-order valence-corrected chi connectivity index (χ3v) is 1.94. The number of hydrogen-bond donors (Lipinski definition) is 2. The lowest BCUT2D eigenvalue weighted by Crippen LogP contribution is -2.38. The number of rotatable bonds is 3. The van der Waals surface area contributed by atoms with Crippen LogP contribution in [0.5, 0.6) is 0 Å². The van der Waals surface area contributed by atoms with E-state index in [-0.39, 0.29) is 12.0 Å². The van der Waals surface area contributed by atoms with Gasteiger partial charge in [0.05, 0.1) is 6.10 Å². The Morgan fingerprint density at radius 2 is 2.15 bits per heavy atom. The van der Waals surface area contributed by atoms with E-state index < -0.39 is 0 Å². The highest BCUT2D eigenvalue weighted by molar-refractivity contribution is 5.93. The first-order valence-corrected chi connectivity index (χ1v) is 4.46. The van der Waals surface area contributed by atoms with Crippen LogP contribution < -0.4 is 10.8 Å². The first kappa shape index (κ1) is 10.2. The topological polar surface area (TPSA) is 50.4 Å². The fraction of sp³-hybridized carbons (Fsp3) is 0.667. The lowest BCUT2D eigenvalue weighted by atomic mass is 10.0. The molecule has 0 atom stereocenters. The van der Waals surface area contributed by atoms with Crippen molar-refractivity contribution in [2.45, 2.75) is 26.9 Å². The average Bonchev–Trinajstić information content (AvgIpc) is 1.96. The van der Waals surface area contributed by atoms with Gasteiger partial charge in [-0.2, -0.15) is 0 Å². The van der Waals surface area contributed by atoms with Gasteiger partial charge in [0.2, 0.25) is 0 Å². The van der Waals surface area contributed by atoms with E-state index in [2.05, 4.69) is 10.8 Å². The summed E-state index contributed by atoms with van der Waals surface area (Å²) in [7, 11) is 0. The first-order valence-electron chi connectivity index (χ1n) is 4.46. The summed E-state index contributed by atoms with van der Waals surface area (Å²) in [6.45, 7) is 7.19. The van der Waals surface area contributed by atoms with Gasteiger partial charge in [0.1, 0.15) is 0 Å². The van der Waals surface area contributed by atoms with Crippen molar-refractivity contribution in [2.75, 3.05) is 13.1 Å². The van der Waals surface area contributed by atoms with Crippen LogP contribution in [0, 0.1) is 0 Å². The largest absolute Gasteiger partial charge is 0.309 e. The molecule has 4 heteroatoms. The maximum Gasteiger partial charge on any atom is 0.270 e. The lowest BCUT2D eigenvalue weighted by Gasteiger charge is -2.21. The van der Waals surface area contributed by atoms with Crippen molar-refractivity contribution in [3.05, 3.63) is 11.1 Å². The van der Waals surface area contributed by atoms with Crippen LogP contribution in [0.2, 0.25) is 0 Å². The van der Waals surface area contributed by atoms with Crippen molar-refractivity contribution in [3.63, 3.8) is 0 Å². The Morgan fingerprint density at radius 3 is 2.54 bits per heavy atom. The molecule has 4 nitrogen and oxygen atoms in total. The van der Waals surface area contributed by atoms with Crippen LogP contribution in [-0.2, 0) is 9.63 Å². The molecule has 0 spiro atoms. The Labute approximate surface area is 78.3 Å². The molecule has 1 fully saturated rings. The molecule has 1 saturated heterocycles. The van der Waals surface area contributed by atoms with E-state index in [1.54, 1.807) is 0 Å². The number of nitrogens with one attached hydrogen (secondary N) is 2. The maximum absolute atomic E-state index is 11.4. The van der Waals surface area contributed by atoms with Crippen LogP contribution in [0.1, 0.15) is 20.8 Å². The molecule has 1 amide bonds. The quantitative estimate of drug-likeness (QED) is 0.492. The Bertz CT molecular complexity index is 228. The summed E-state index contributed by atoms with van der Waals surface area (Å²) in [5.74, 6) is -0.134. The molecule has 13 heavy (non-hydrogen) atoms. The molecular weight excluding hydrogens is 168 g/mol. The lowest BCUT2D eigenvalue weighted by molar-refractivity contribution is -0.132. The first-order chi connectivity index (χ1) is 6.11. The fourth-order valence-corrected chi connectivity index (χ4v) is 0.924. The number of amides is 1. The Hall–Kier alpha value is -0.870. The summed E-state index contributed by atoms with van der Waals surface area (Å²) in [5, 5.41) is 3.08. The minimum Gasteiger partial charge on any atom is -0.309 e. The minimum atomic E-state index is -0.134. The van der Waals surface area contributed by atoms with Crippen molar-refractivity contribution in [1.82, 2.24) is 10.8 Å². The predicted octanol–water partition coefficient (Wildman–Crippen LogP) is 0.362. The normalized spacial score (nSPS) is 15.5. The third-order valence-electron chi connectivity index (χ3n) is 1.94. The van der Waals surface area contributed by atoms with E-state index in [1.165, 1.54) is 0 Å². The molecule has 74 valence electrons. The number of carbonyl (C=O) groups is 1. The van der Waals surface area contributed by atoms with Crippen LogP contribution in [0.25, 0.3) is 0 Å². The van der Waals surface area contributed by atoms with Crippen molar-refractivity contribution in [2.24, 2.45) is 0 Å². The summed E-state index contributed by atoms with van der Waals surface area (Å²) in [5.41, 5.74) is 4.33. The molecule has 1 rings (SSSR count). The molecule has 0 unspecified atom stereocenters. The van der Waals surface area contributed by atoms with Crippen molar-refractivity contribution < 1.29 is 9.63 Å². The van der Waals surface area contributed by atoms with E-state index in [0.717, 1.165) is 24.2 Å². The highest BCUT2D eigenvalue weighted by atomic mass is 16.7. The SMILES string of the molecule is CC(C(=O)NOC(C)C)=C1CNC1. The van der Waals surface area contributed by atoms with E-state index in [0.29, 0.717) is 0 Å². The Balaban J connectivity index is 2.39. The monoisotopic (exact) mass is 184 g/mol. The minimum absolute atomic E-state index is 0.0151. The molecule has 1 aliphatic rings. The van der Waals surface area contributed by atoms with Crippen LogP contribution >= 0.6 is 0 Å². The molecule has 0 saturated carbocycles. The summed E-state index contributed by atoms with van der Waals surface area (Å²) in [6, 6.07) is 0. The third kappa shape index (κ3) is 2.82. The zero-order valence-electron chi connectivity index (χ0n) is 8.31. The van der Waals surface area contributed by atoms with Gasteiger partial charge >= 0.3 is 0 Å². The Kier molecular flexibility index (Phi) is 3.45. The molecular formula is C9H16N2O2. The molecule has 0 aromatic carbocycles. The molecule has 2 N–H and O–H groups in total. The van der Waals surface area contributed by atoms with Crippen LogP contribution in [0.3, 0.4) is 0 Å². The fourth-order valence-electron chi connectivity index (χ4n) is 0.924. The summed E-state index contributed by atoms with van der Waals surface area (Å²) in [6.07, 6.45) is 0.0151. The van der Waals surface area contributed by atoms with E-state index in [1.807, 2.05) is 20.8 Å². The van der Waals surface area contributed by atoms with Crippen LogP contribution in [0.4, 0.5) is 0 Å². The standard InChI is InChI=1S/C9H16N2O2/c1-6(2)13-11-9(12)7(3)8-4-10-5-8/h6,10H,4-5H2,1-3H3,(H,11,12). The zero-order valence-corrected chi connectivity index (χ0v) is 8.31. The molecule has 1 heterocycles. The second-order valence-electron chi connectivity index (χ2n) is 3.43. The van der Waals surface area contributed by atoms with Gasteiger partial charge in [-0.3, -0.25) is 9.63 Å². The van der Waals surface area contributed by atoms with Gasteiger partial charge in [-0.1, -0.05) is 0 Å². The van der Waals surface area contributed by atoms with Crippen molar-refractivity contribution in [1.29, 1.82) is 0 Å². The highest BCUT2D eigenvalue weighted by Gasteiger charge is 2.15. The molecule has 0 aromatic heterocycles. The summed E-state index contributed by atoms with van der Waals surface area (Å²) >= 11 is 0. The maximum atomic E-state index is 11.4. The highest BCUT2D eigenvalue weighted by Crippen LogP contribution is 2.08. The number of hydrogen-bond acceptors (Lipinski definition) is 3. The van der Waals surface area contributed by atoms with Crippen LogP contribution in [-0.4, -0.2) is 25.1 Å². The summed E-state index contributed by atoms with van der Waals surface area (Å²) in [4.78, 5) is 16.3. The zero-order chi connectivity index (χ0) is 9.84. The van der Waals surface area contributed by atoms with Gasteiger partial charge in [0.15, 0.2) is 0 Å². The van der Waals surface area contributed by atoms with E-state index in [4.69, 9.17) is 4.84 Å². The van der Waals surface area contributed by atoms with Crippen molar-refractivity contribution in [3.8, 4) is 0 Å².